The third kappa shape index (κ3) is 9.60. The van der Waals surface area contributed by atoms with E-state index in [1.165, 1.54) is 0 Å². The summed E-state index contributed by atoms with van der Waals surface area (Å²) in [5.74, 6) is 0.504. The van der Waals surface area contributed by atoms with Gasteiger partial charge in [0.2, 0.25) is 11.8 Å². The fourth-order valence-electron chi connectivity index (χ4n) is 3.55. The monoisotopic (exact) mass is 374 g/mol. The van der Waals surface area contributed by atoms with Crippen molar-refractivity contribution < 1.29 is 9.59 Å². The molecule has 2 atom stereocenters. The lowest BCUT2D eigenvalue weighted by Gasteiger charge is -2.27. The van der Waals surface area contributed by atoms with Crippen LogP contribution < -0.4 is 5.32 Å². The summed E-state index contributed by atoms with van der Waals surface area (Å²) in [6.45, 7) is 14.0. The first-order valence-corrected chi connectivity index (χ1v) is 10.2. The van der Waals surface area contributed by atoms with Crippen LogP contribution in [-0.4, -0.2) is 29.8 Å². The third-order valence-corrected chi connectivity index (χ3v) is 4.62. The summed E-state index contributed by atoms with van der Waals surface area (Å²) in [5.41, 5.74) is 1.31. The van der Waals surface area contributed by atoms with E-state index in [4.69, 9.17) is 0 Å². The van der Waals surface area contributed by atoms with Crippen LogP contribution in [0, 0.1) is 11.3 Å². The molecule has 1 aromatic carbocycles. The van der Waals surface area contributed by atoms with Crippen LogP contribution in [0.25, 0.3) is 0 Å². The van der Waals surface area contributed by atoms with Crippen molar-refractivity contribution in [1.82, 2.24) is 10.2 Å². The largest absolute Gasteiger partial charge is 0.350 e. The van der Waals surface area contributed by atoms with Crippen LogP contribution >= 0.6 is 0 Å². The molecule has 27 heavy (non-hydrogen) atoms. The molecule has 2 amide bonds. The van der Waals surface area contributed by atoms with Crippen LogP contribution in [-0.2, 0) is 9.59 Å². The van der Waals surface area contributed by atoms with Crippen molar-refractivity contribution in [2.75, 3.05) is 13.1 Å². The van der Waals surface area contributed by atoms with E-state index in [9.17, 15) is 9.59 Å². The van der Waals surface area contributed by atoms with Crippen molar-refractivity contribution in [1.29, 1.82) is 0 Å². The van der Waals surface area contributed by atoms with Crippen LogP contribution in [0.15, 0.2) is 30.3 Å². The number of rotatable bonds is 10. The zero-order valence-electron chi connectivity index (χ0n) is 18.0. The second-order valence-corrected chi connectivity index (χ2v) is 8.90. The molecule has 0 spiro atoms. The molecule has 4 nitrogen and oxygen atoms in total. The number of carbonyl (C=O) groups excluding carboxylic acids is 2. The number of nitrogens with one attached hydrogen (secondary N) is 1. The molecular formula is C23H38N2O2. The molecule has 0 heterocycles. The summed E-state index contributed by atoms with van der Waals surface area (Å²) < 4.78 is 0. The van der Waals surface area contributed by atoms with Crippen LogP contribution in [0.3, 0.4) is 0 Å². The second kappa shape index (κ2) is 11.1. The van der Waals surface area contributed by atoms with Crippen molar-refractivity contribution in [2.24, 2.45) is 11.3 Å². The van der Waals surface area contributed by atoms with Crippen molar-refractivity contribution in [3.8, 4) is 0 Å². The third-order valence-electron chi connectivity index (χ3n) is 4.62. The van der Waals surface area contributed by atoms with Gasteiger partial charge in [-0.15, -0.1) is 0 Å². The van der Waals surface area contributed by atoms with Gasteiger partial charge in [-0.3, -0.25) is 9.59 Å². The molecule has 0 fully saturated rings. The molecular weight excluding hydrogens is 336 g/mol. The Morgan fingerprint density at radius 3 is 2.26 bits per heavy atom. The first-order chi connectivity index (χ1) is 12.6. The van der Waals surface area contributed by atoms with Crippen molar-refractivity contribution in [2.45, 2.75) is 73.3 Å². The highest BCUT2D eigenvalue weighted by Crippen LogP contribution is 2.26. The van der Waals surface area contributed by atoms with Crippen molar-refractivity contribution in [3.63, 3.8) is 0 Å². The molecule has 0 saturated heterocycles. The van der Waals surface area contributed by atoms with Gasteiger partial charge in [0.05, 0.1) is 6.04 Å². The lowest BCUT2D eigenvalue weighted by molar-refractivity contribution is -0.133. The molecule has 0 aliphatic rings. The van der Waals surface area contributed by atoms with Gasteiger partial charge in [-0.25, -0.2) is 0 Å². The minimum atomic E-state index is -0.0270. The van der Waals surface area contributed by atoms with Gasteiger partial charge in [0.15, 0.2) is 0 Å². The van der Waals surface area contributed by atoms with Gasteiger partial charge in [-0.1, -0.05) is 65.0 Å². The topological polar surface area (TPSA) is 49.4 Å². The van der Waals surface area contributed by atoms with Crippen LogP contribution in [0.5, 0.6) is 0 Å². The fraction of sp³-hybridized carbons (Fsp3) is 0.652. The van der Waals surface area contributed by atoms with Gasteiger partial charge >= 0.3 is 0 Å². The Morgan fingerprint density at radius 1 is 1.07 bits per heavy atom. The summed E-state index contributed by atoms with van der Waals surface area (Å²) in [5, 5.41) is 3.03. The lowest BCUT2D eigenvalue weighted by Crippen LogP contribution is -2.37. The summed E-state index contributed by atoms with van der Waals surface area (Å²) in [7, 11) is 0. The van der Waals surface area contributed by atoms with E-state index >= 15 is 0 Å². The van der Waals surface area contributed by atoms with E-state index in [1.54, 1.807) is 0 Å². The Balaban J connectivity index is 2.51. The molecule has 0 aromatic heterocycles. The minimum Gasteiger partial charge on any atom is -0.350 e. The Labute approximate surface area is 165 Å². The zero-order valence-corrected chi connectivity index (χ0v) is 18.0. The highest BCUT2D eigenvalue weighted by atomic mass is 16.2. The maximum absolute atomic E-state index is 12.7. The molecule has 1 aromatic rings. The van der Waals surface area contributed by atoms with Gasteiger partial charge in [0.25, 0.3) is 0 Å². The quantitative estimate of drug-likeness (QED) is 0.629. The zero-order chi connectivity index (χ0) is 20.4. The van der Waals surface area contributed by atoms with Gasteiger partial charge < -0.3 is 10.2 Å². The summed E-state index contributed by atoms with van der Waals surface area (Å²) in [6.07, 6.45) is 2.82. The van der Waals surface area contributed by atoms with E-state index < -0.39 is 0 Å². The van der Waals surface area contributed by atoms with E-state index in [-0.39, 0.29) is 23.3 Å². The van der Waals surface area contributed by atoms with Gasteiger partial charge in [-0.2, -0.15) is 0 Å². The van der Waals surface area contributed by atoms with Gasteiger partial charge in [0.1, 0.15) is 0 Å². The molecule has 152 valence electrons. The average molecular weight is 375 g/mol. The Morgan fingerprint density at radius 2 is 1.70 bits per heavy atom. The van der Waals surface area contributed by atoms with E-state index in [2.05, 4.69) is 39.9 Å². The summed E-state index contributed by atoms with van der Waals surface area (Å²) in [4.78, 5) is 26.9. The van der Waals surface area contributed by atoms with E-state index in [1.807, 2.05) is 42.2 Å². The van der Waals surface area contributed by atoms with Crippen LogP contribution in [0.1, 0.15) is 78.8 Å². The van der Waals surface area contributed by atoms with E-state index in [0.29, 0.717) is 31.8 Å². The smallest absolute Gasteiger partial charge is 0.222 e. The van der Waals surface area contributed by atoms with Gasteiger partial charge in [-0.05, 0) is 36.7 Å². The first-order valence-electron chi connectivity index (χ1n) is 10.2. The van der Waals surface area contributed by atoms with E-state index in [0.717, 1.165) is 18.4 Å². The Kier molecular flexibility index (Phi) is 9.54. The highest BCUT2D eigenvalue weighted by Gasteiger charge is 2.21. The van der Waals surface area contributed by atoms with Crippen LogP contribution in [0.2, 0.25) is 0 Å². The number of hydrogen-bond acceptors (Lipinski definition) is 2. The van der Waals surface area contributed by atoms with Crippen molar-refractivity contribution in [3.05, 3.63) is 35.9 Å². The maximum Gasteiger partial charge on any atom is 0.222 e. The molecule has 2 unspecified atom stereocenters. The second-order valence-electron chi connectivity index (χ2n) is 8.90. The van der Waals surface area contributed by atoms with Crippen LogP contribution in [0.4, 0.5) is 0 Å². The molecule has 0 aliphatic heterocycles. The SMILES string of the molecule is CCCN(CCC(=O)NC(C)c1ccccc1)C(=O)CC(C)CC(C)(C)C. The number of nitrogens with zero attached hydrogens (tertiary/aromatic N) is 1. The Hall–Kier alpha value is -1.84. The molecule has 0 aliphatic carbocycles. The fourth-order valence-corrected chi connectivity index (χ4v) is 3.55. The predicted octanol–water partition coefficient (Wildman–Crippen LogP) is 4.95. The predicted molar refractivity (Wildman–Crippen MR) is 112 cm³/mol. The normalized spacial score (nSPS) is 13.7. The molecule has 4 heteroatoms. The molecule has 1 rings (SSSR count). The Bertz CT molecular complexity index is 578. The van der Waals surface area contributed by atoms with Gasteiger partial charge in [0, 0.05) is 25.9 Å². The number of benzene rings is 1. The maximum atomic E-state index is 12.7. The lowest BCUT2D eigenvalue weighted by atomic mass is 9.84. The number of hydrogen-bond donors (Lipinski definition) is 1. The standard InChI is InChI=1S/C23H38N2O2/c1-7-14-25(22(27)16-18(2)17-23(4,5)6)15-13-21(26)24-19(3)20-11-9-8-10-12-20/h8-12,18-19H,7,13-17H2,1-6H3,(H,24,26). The summed E-state index contributed by atoms with van der Waals surface area (Å²) >= 11 is 0. The molecule has 0 saturated carbocycles. The van der Waals surface area contributed by atoms with Crippen molar-refractivity contribution >= 4 is 11.8 Å². The minimum absolute atomic E-state index is 0.0111. The molecule has 1 N–H and O–H groups in total. The first kappa shape index (κ1) is 23.2. The number of carbonyl (C=O) groups is 2. The average Bonchev–Trinajstić information content (AvgIpc) is 2.57. The number of amides is 2. The highest BCUT2D eigenvalue weighted by molar-refractivity contribution is 5.79. The summed E-state index contributed by atoms with van der Waals surface area (Å²) in [6, 6.07) is 9.90. The molecule has 0 bridgehead atoms. The molecule has 0 radical (unpaired) electrons.